The van der Waals surface area contributed by atoms with E-state index in [4.69, 9.17) is 4.74 Å². The molecular weight excluding hydrogens is 576 g/mol. The second-order valence-corrected chi connectivity index (χ2v) is 11.5. The van der Waals surface area contributed by atoms with Crippen molar-refractivity contribution in [3.05, 3.63) is 107 Å². The van der Waals surface area contributed by atoms with Gasteiger partial charge in [-0.25, -0.2) is 8.78 Å². The Morgan fingerprint density at radius 3 is 2.24 bits per heavy atom. The molecule has 2 saturated heterocycles. The highest BCUT2D eigenvalue weighted by Gasteiger charge is 2.45. The maximum atomic E-state index is 14.1. The molecule has 9 heteroatoms. The summed E-state index contributed by atoms with van der Waals surface area (Å²) in [5, 5.41) is 17.8. The highest BCUT2D eigenvalue weighted by atomic mass is 19.1. The molecule has 2 fully saturated rings. The monoisotopic (exact) mass is 621 g/mol. The number of carbonyl (C=O) groups excluding carboxylic acids is 2. The second kappa shape index (κ2) is 16.6. The number of aliphatic hydroxyl groups is 1. The fraction of sp³-hybridized carbons (Fsp3) is 0.444. The Morgan fingerprint density at radius 1 is 1.00 bits per heavy atom. The quantitative estimate of drug-likeness (QED) is 0.274. The van der Waals surface area contributed by atoms with Crippen LogP contribution in [0.4, 0.5) is 8.78 Å². The van der Waals surface area contributed by atoms with E-state index in [1.54, 1.807) is 4.90 Å². The summed E-state index contributed by atoms with van der Waals surface area (Å²) in [6, 6.07) is 21.3. The first kappa shape index (κ1) is 34.2. The largest absolute Gasteiger partial charge is 0.389 e. The molecule has 0 bridgehead atoms. The van der Waals surface area contributed by atoms with E-state index in [1.807, 2.05) is 81.4 Å². The average Bonchev–Trinajstić information content (AvgIpc) is 3.65. The predicted molar refractivity (Wildman–Crippen MR) is 170 cm³/mol. The lowest BCUT2D eigenvalue weighted by Gasteiger charge is -2.30. The number of amides is 2. The van der Waals surface area contributed by atoms with Gasteiger partial charge in [-0.1, -0.05) is 74.5 Å². The first-order valence-electron chi connectivity index (χ1n) is 16.0. The number of carbonyl (C=O) groups is 2. The van der Waals surface area contributed by atoms with Crippen LogP contribution < -0.4 is 10.6 Å². The summed E-state index contributed by atoms with van der Waals surface area (Å²) in [5.74, 6) is -3.08. The molecule has 0 spiro atoms. The standard InChI is InChI=1S/C34H39F2N3O4.C2H6/c1-2-39-20-29(28(34(39)42)15-22-9-5-3-6-10-22)33(41)38-31(16-24-13-25(35)17-26(36)14-24)32(40)30-18-27(19-37-30)43-21-23-11-7-4-8-12-23;1-2/h3-14,17,27-32,37,40H,2,15-16,18-21H2,1H3,(H,38,41);1-2H3. The molecule has 6 atom stereocenters. The third-order valence-corrected chi connectivity index (χ3v) is 8.53. The van der Waals surface area contributed by atoms with Gasteiger partial charge in [-0.2, -0.15) is 0 Å². The van der Waals surface area contributed by atoms with Crippen LogP contribution in [0.2, 0.25) is 0 Å². The molecule has 3 N–H and O–H groups in total. The zero-order valence-corrected chi connectivity index (χ0v) is 26.3. The molecule has 5 rings (SSSR count). The van der Waals surface area contributed by atoms with Gasteiger partial charge in [-0.3, -0.25) is 9.59 Å². The van der Waals surface area contributed by atoms with Gasteiger partial charge in [0.2, 0.25) is 11.8 Å². The topological polar surface area (TPSA) is 90.9 Å². The van der Waals surface area contributed by atoms with Gasteiger partial charge in [0.05, 0.1) is 36.7 Å². The fourth-order valence-electron chi connectivity index (χ4n) is 6.23. The lowest BCUT2D eigenvalue weighted by Crippen LogP contribution is -2.54. The van der Waals surface area contributed by atoms with Gasteiger partial charge < -0.3 is 25.4 Å². The molecule has 2 aliphatic heterocycles. The van der Waals surface area contributed by atoms with Crippen molar-refractivity contribution in [1.82, 2.24) is 15.5 Å². The SMILES string of the molecule is CC.CCN1CC(C(=O)NC(Cc2cc(F)cc(F)c2)C(O)C2CC(OCc3ccccc3)CN2)C(Cc2ccccc2)C1=O. The van der Waals surface area contributed by atoms with E-state index < -0.39 is 41.7 Å². The van der Waals surface area contributed by atoms with Crippen molar-refractivity contribution in [2.24, 2.45) is 11.8 Å². The summed E-state index contributed by atoms with van der Waals surface area (Å²) in [5.41, 5.74) is 2.32. The predicted octanol–water partition coefficient (Wildman–Crippen LogP) is 4.66. The third kappa shape index (κ3) is 9.19. The number of ether oxygens (including phenoxy) is 1. The first-order chi connectivity index (χ1) is 21.8. The van der Waals surface area contributed by atoms with Crippen molar-refractivity contribution in [2.75, 3.05) is 19.6 Å². The molecule has 0 radical (unpaired) electrons. The number of rotatable bonds is 12. The molecule has 6 unspecified atom stereocenters. The van der Waals surface area contributed by atoms with E-state index in [-0.39, 0.29) is 30.9 Å². The van der Waals surface area contributed by atoms with Crippen molar-refractivity contribution in [3.8, 4) is 0 Å². The number of nitrogens with one attached hydrogen (secondary N) is 2. The number of aliphatic hydroxyl groups excluding tert-OH is 1. The summed E-state index contributed by atoms with van der Waals surface area (Å²) in [6.45, 7) is 7.59. The van der Waals surface area contributed by atoms with E-state index in [0.29, 0.717) is 38.1 Å². The van der Waals surface area contributed by atoms with Gasteiger partial charge >= 0.3 is 0 Å². The maximum Gasteiger partial charge on any atom is 0.226 e. The summed E-state index contributed by atoms with van der Waals surface area (Å²) < 4.78 is 34.2. The molecule has 3 aromatic rings. The van der Waals surface area contributed by atoms with Crippen molar-refractivity contribution < 1.29 is 28.2 Å². The molecule has 2 amide bonds. The number of hydrogen-bond acceptors (Lipinski definition) is 5. The Balaban J connectivity index is 0.00000226. The van der Waals surface area contributed by atoms with Crippen LogP contribution in [0.3, 0.4) is 0 Å². The Bertz CT molecular complexity index is 1360. The average molecular weight is 622 g/mol. The zero-order chi connectivity index (χ0) is 32.3. The maximum absolute atomic E-state index is 14.1. The molecule has 2 heterocycles. The van der Waals surface area contributed by atoms with Crippen LogP contribution in [0.25, 0.3) is 0 Å². The van der Waals surface area contributed by atoms with Crippen LogP contribution in [-0.2, 0) is 33.8 Å². The minimum atomic E-state index is -1.08. The van der Waals surface area contributed by atoms with Crippen molar-refractivity contribution >= 4 is 11.8 Å². The van der Waals surface area contributed by atoms with Crippen LogP contribution in [0, 0.1) is 23.5 Å². The Labute approximate surface area is 265 Å². The van der Waals surface area contributed by atoms with Crippen LogP contribution in [0.5, 0.6) is 0 Å². The van der Waals surface area contributed by atoms with Crippen LogP contribution in [0.1, 0.15) is 43.9 Å². The van der Waals surface area contributed by atoms with Gasteiger partial charge in [0.1, 0.15) is 11.6 Å². The number of likely N-dealkylation sites (tertiary alicyclic amines) is 1. The first-order valence-corrected chi connectivity index (χ1v) is 16.0. The zero-order valence-electron chi connectivity index (χ0n) is 26.3. The van der Waals surface area contributed by atoms with Gasteiger partial charge in [-0.05, 0) is 55.0 Å². The second-order valence-electron chi connectivity index (χ2n) is 11.5. The van der Waals surface area contributed by atoms with Gasteiger partial charge in [0, 0.05) is 31.7 Å². The van der Waals surface area contributed by atoms with E-state index in [0.717, 1.165) is 17.2 Å². The smallest absolute Gasteiger partial charge is 0.226 e. The summed E-state index contributed by atoms with van der Waals surface area (Å²) >= 11 is 0. The van der Waals surface area contributed by atoms with Crippen molar-refractivity contribution in [2.45, 2.75) is 70.9 Å². The molecule has 242 valence electrons. The van der Waals surface area contributed by atoms with Crippen LogP contribution in [-0.4, -0.2) is 65.7 Å². The molecular formula is C36H45F2N3O4. The van der Waals surface area contributed by atoms with Crippen molar-refractivity contribution in [1.29, 1.82) is 0 Å². The van der Waals surface area contributed by atoms with Gasteiger partial charge in [0.15, 0.2) is 0 Å². The van der Waals surface area contributed by atoms with Crippen LogP contribution >= 0.6 is 0 Å². The van der Waals surface area contributed by atoms with Gasteiger partial charge in [0.25, 0.3) is 0 Å². The van der Waals surface area contributed by atoms with Crippen LogP contribution in [0.15, 0.2) is 78.9 Å². The molecule has 7 nitrogen and oxygen atoms in total. The van der Waals surface area contributed by atoms with E-state index >= 15 is 0 Å². The molecule has 0 aromatic heterocycles. The highest BCUT2D eigenvalue weighted by molar-refractivity contribution is 5.91. The number of hydrogen-bond donors (Lipinski definition) is 3. The fourth-order valence-corrected chi connectivity index (χ4v) is 6.23. The number of halogens is 2. The van der Waals surface area contributed by atoms with Gasteiger partial charge in [-0.15, -0.1) is 0 Å². The molecule has 2 aliphatic rings. The summed E-state index contributed by atoms with van der Waals surface area (Å²) in [7, 11) is 0. The number of nitrogens with zero attached hydrogens (tertiary/aromatic N) is 1. The Hall–Kier alpha value is -3.66. The summed E-state index contributed by atoms with van der Waals surface area (Å²) in [6.07, 6.45) is -0.297. The minimum absolute atomic E-state index is 0.0107. The molecule has 0 aliphatic carbocycles. The highest BCUT2D eigenvalue weighted by Crippen LogP contribution is 2.29. The minimum Gasteiger partial charge on any atom is -0.389 e. The molecule has 3 aromatic carbocycles. The normalized spacial score (nSPS) is 22.4. The van der Waals surface area contributed by atoms with E-state index in [1.165, 1.54) is 12.1 Å². The lowest BCUT2D eigenvalue weighted by molar-refractivity contribution is -0.133. The third-order valence-electron chi connectivity index (χ3n) is 8.53. The van der Waals surface area contributed by atoms with Crippen molar-refractivity contribution in [3.63, 3.8) is 0 Å². The summed E-state index contributed by atoms with van der Waals surface area (Å²) in [4.78, 5) is 28.8. The van der Waals surface area contributed by atoms with E-state index in [9.17, 15) is 23.5 Å². The Kier molecular flexibility index (Phi) is 12.6. The number of benzene rings is 3. The van der Waals surface area contributed by atoms with E-state index in [2.05, 4.69) is 10.6 Å². The lowest BCUT2D eigenvalue weighted by atomic mass is 9.87. The Morgan fingerprint density at radius 2 is 1.62 bits per heavy atom. The molecule has 45 heavy (non-hydrogen) atoms. The molecule has 0 saturated carbocycles.